The molecule has 21 heavy (non-hydrogen) atoms. The Morgan fingerprint density at radius 1 is 1.24 bits per heavy atom. The molecule has 1 fully saturated rings. The molecule has 0 saturated carbocycles. The molecule has 0 radical (unpaired) electrons. The Hall–Kier alpha value is -1.10. The first-order valence-corrected chi connectivity index (χ1v) is 8.00. The van der Waals surface area contributed by atoms with Gasteiger partial charge in [-0.2, -0.15) is 0 Å². The van der Waals surface area contributed by atoms with E-state index in [1.807, 2.05) is 18.2 Å². The number of halogens is 3. The molecule has 1 atom stereocenters. The van der Waals surface area contributed by atoms with Gasteiger partial charge in [-0.3, -0.25) is 0 Å². The zero-order valence-corrected chi connectivity index (χ0v) is 13.7. The fourth-order valence-corrected chi connectivity index (χ4v) is 3.82. The van der Waals surface area contributed by atoms with Gasteiger partial charge in [0.25, 0.3) is 0 Å². The van der Waals surface area contributed by atoms with Gasteiger partial charge in [0, 0.05) is 30.1 Å². The van der Waals surface area contributed by atoms with Crippen molar-refractivity contribution in [1.29, 1.82) is 0 Å². The summed E-state index contributed by atoms with van der Waals surface area (Å²) >= 11 is 9.65. The molecule has 1 unspecified atom stereocenters. The maximum absolute atomic E-state index is 13.4. The Bertz CT molecular complexity index is 612. The third-order valence-corrected chi connectivity index (χ3v) is 4.57. The first-order chi connectivity index (χ1) is 10.1. The van der Waals surface area contributed by atoms with Gasteiger partial charge in [0.2, 0.25) is 0 Å². The number of hydrogen-bond acceptors (Lipinski definition) is 2. The van der Waals surface area contributed by atoms with Gasteiger partial charge in [0.05, 0.1) is 10.7 Å². The SMILES string of the molecule is Fc1cc(Cl)c(N2CCNC(c3ccccc3)C2)c(Br)c1. The smallest absolute Gasteiger partial charge is 0.125 e. The fraction of sp³-hybridized carbons (Fsp3) is 0.250. The van der Waals surface area contributed by atoms with E-state index in [2.05, 4.69) is 38.3 Å². The van der Waals surface area contributed by atoms with Crippen LogP contribution in [0, 0.1) is 5.82 Å². The highest BCUT2D eigenvalue weighted by Gasteiger charge is 2.24. The Morgan fingerprint density at radius 3 is 2.71 bits per heavy atom. The third-order valence-electron chi connectivity index (χ3n) is 3.68. The summed E-state index contributed by atoms with van der Waals surface area (Å²) in [5, 5.41) is 3.95. The molecular weight excluding hydrogens is 355 g/mol. The van der Waals surface area contributed by atoms with Gasteiger partial charge in [-0.25, -0.2) is 4.39 Å². The highest BCUT2D eigenvalue weighted by Crippen LogP contribution is 2.36. The largest absolute Gasteiger partial charge is 0.366 e. The fourth-order valence-electron chi connectivity index (χ4n) is 2.70. The molecule has 1 aliphatic rings. The van der Waals surface area contributed by atoms with Crippen molar-refractivity contribution in [3.63, 3.8) is 0 Å². The van der Waals surface area contributed by atoms with Crippen LogP contribution < -0.4 is 10.2 Å². The lowest BCUT2D eigenvalue weighted by atomic mass is 10.0. The van der Waals surface area contributed by atoms with Gasteiger partial charge in [-0.05, 0) is 33.6 Å². The number of anilines is 1. The summed E-state index contributed by atoms with van der Waals surface area (Å²) in [7, 11) is 0. The molecule has 0 bridgehead atoms. The van der Waals surface area contributed by atoms with Gasteiger partial charge in [0.15, 0.2) is 0 Å². The van der Waals surface area contributed by atoms with Crippen LogP contribution >= 0.6 is 27.5 Å². The summed E-state index contributed by atoms with van der Waals surface area (Å²) in [6.45, 7) is 2.50. The predicted octanol–water partition coefficient (Wildman–Crippen LogP) is 4.39. The van der Waals surface area contributed by atoms with Crippen LogP contribution in [0.25, 0.3) is 0 Å². The molecular formula is C16H15BrClFN2. The van der Waals surface area contributed by atoms with Crippen molar-refractivity contribution < 1.29 is 4.39 Å². The third kappa shape index (κ3) is 3.23. The van der Waals surface area contributed by atoms with Gasteiger partial charge < -0.3 is 10.2 Å². The molecule has 3 rings (SSSR count). The van der Waals surface area contributed by atoms with Crippen molar-refractivity contribution >= 4 is 33.2 Å². The molecule has 1 aliphatic heterocycles. The van der Waals surface area contributed by atoms with Crippen LogP contribution in [0.5, 0.6) is 0 Å². The Labute approximate surface area is 137 Å². The van der Waals surface area contributed by atoms with E-state index in [-0.39, 0.29) is 11.9 Å². The van der Waals surface area contributed by atoms with E-state index in [0.717, 1.165) is 25.3 Å². The van der Waals surface area contributed by atoms with Gasteiger partial charge >= 0.3 is 0 Å². The summed E-state index contributed by atoms with van der Waals surface area (Å²) in [6, 6.07) is 13.4. The van der Waals surface area contributed by atoms with E-state index >= 15 is 0 Å². The molecule has 110 valence electrons. The van der Waals surface area contributed by atoms with Crippen LogP contribution in [0.15, 0.2) is 46.9 Å². The molecule has 1 N–H and O–H groups in total. The lowest BCUT2D eigenvalue weighted by Crippen LogP contribution is -2.46. The minimum Gasteiger partial charge on any atom is -0.366 e. The Morgan fingerprint density at radius 2 is 2.00 bits per heavy atom. The maximum Gasteiger partial charge on any atom is 0.125 e. The summed E-state index contributed by atoms with van der Waals surface area (Å²) in [4.78, 5) is 2.19. The lowest BCUT2D eigenvalue weighted by Gasteiger charge is -2.36. The average molecular weight is 370 g/mol. The number of nitrogens with zero attached hydrogens (tertiary/aromatic N) is 1. The summed E-state index contributed by atoms with van der Waals surface area (Å²) < 4.78 is 14.1. The van der Waals surface area contributed by atoms with Crippen molar-refractivity contribution in [2.24, 2.45) is 0 Å². The van der Waals surface area contributed by atoms with Gasteiger partial charge in [-0.15, -0.1) is 0 Å². The monoisotopic (exact) mass is 368 g/mol. The summed E-state index contributed by atoms with van der Waals surface area (Å²) in [6.07, 6.45) is 0. The molecule has 2 aromatic rings. The summed E-state index contributed by atoms with van der Waals surface area (Å²) in [5.74, 6) is -0.328. The lowest BCUT2D eigenvalue weighted by molar-refractivity contribution is 0.471. The van der Waals surface area contributed by atoms with Crippen LogP contribution in [0.4, 0.5) is 10.1 Å². The summed E-state index contributed by atoms with van der Waals surface area (Å²) in [5.41, 5.74) is 2.11. The number of benzene rings is 2. The molecule has 0 aromatic heterocycles. The standard InChI is InChI=1S/C16H15BrClFN2/c17-13-8-12(19)9-14(18)16(13)21-7-6-20-15(10-21)11-4-2-1-3-5-11/h1-5,8-9,15,20H,6-7,10H2. The van der Waals surface area contributed by atoms with E-state index in [1.54, 1.807) is 0 Å². The highest BCUT2D eigenvalue weighted by atomic mass is 79.9. The second kappa shape index (κ2) is 6.34. The second-order valence-electron chi connectivity index (χ2n) is 5.08. The second-order valence-corrected chi connectivity index (χ2v) is 6.34. The molecule has 0 amide bonds. The zero-order chi connectivity index (χ0) is 14.8. The van der Waals surface area contributed by atoms with E-state index < -0.39 is 0 Å². The Balaban J connectivity index is 1.87. The van der Waals surface area contributed by atoms with Crippen LogP contribution in [0.2, 0.25) is 5.02 Å². The molecule has 0 aliphatic carbocycles. The molecule has 1 saturated heterocycles. The van der Waals surface area contributed by atoms with E-state index in [1.165, 1.54) is 17.7 Å². The van der Waals surface area contributed by atoms with Crippen LogP contribution in [0.3, 0.4) is 0 Å². The van der Waals surface area contributed by atoms with E-state index in [4.69, 9.17) is 11.6 Å². The van der Waals surface area contributed by atoms with Crippen molar-refractivity contribution in [3.05, 3.63) is 63.3 Å². The van der Waals surface area contributed by atoms with Crippen molar-refractivity contribution in [3.8, 4) is 0 Å². The topological polar surface area (TPSA) is 15.3 Å². The predicted molar refractivity (Wildman–Crippen MR) is 88.5 cm³/mol. The Kier molecular flexibility index (Phi) is 4.48. The first kappa shape index (κ1) is 14.8. The first-order valence-electron chi connectivity index (χ1n) is 6.83. The normalized spacial score (nSPS) is 18.8. The number of rotatable bonds is 2. The quantitative estimate of drug-likeness (QED) is 0.844. The molecule has 5 heteroatoms. The van der Waals surface area contributed by atoms with E-state index in [9.17, 15) is 4.39 Å². The highest BCUT2D eigenvalue weighted by molar-refractivity contribution is 9.10. The average Bonchev–Trinajstić information content (AvgIpc) is 2.47. The van der Waals surface area contributed by atoms with Crippen LogP contribution in [-0.2, 0) is 0 Å². The molecule has 2 nitrogen and oxygen atoms in total. The van der Waals surface area contributed by atoms with Crippen molar-refractivity contribution in [1.82, 2.24) is 5.32 Å². The molecule has 0 spiro atoms. The number of hydrogen-bond donors (Lipinski definition) is 1. The van der Waals surface area contributed by atoms with Crippen LogP contribution in [-0.4, -0.2) is 19.6 Å². The van der Waals surface area contributed by atoms with Gasteiger partial charge in [0.1, 0.15) is 5.82 Å². The molecule has 1 heterocycles. The van der Waals surface area contributed by atoms with Crippen molar-refractivity contribution in [2.75, 3.05) is 24.5 Å². The minimum atomic E-state index is -0.328. The van der Waals surface area contributed by atoms with Gasteiger partial charge in [-0.1, -0.05) is 41.9 Å². The van der Waals surface area contributed by atoms with E-state index in [0.29, 0.717) is 9.50 Å². The zero-order valence-electron chi connectivity index (χ0n) is 11.3. The number of piperazine rings is 1. The molecule has 2 aromatic carbocycles. The van der Waals surface area contributed by atoms with Crippen LogP contribution in [0.1, 0.15) is 11.6 Å². The van der Waals surface area contributed by atoms with Crippen molar-refractivity contribution in [2.45, 2.75) is 6.04 Å². The number of nitrogens with one attached hydrogen (secondary N) is 1. The minimum absolute atomic E-state index is 0.243. The maximum atomic E-state index is 13.4.